The highest BCUT2D eigenvalue weighted by molar-refractivity contribution is 7.20. The second kappa shape index (κ2) is 6.63. The van der Waals surface area contributed by atoms with Crippen molar-refractivity contribution in [3.63, 3.8) is 0 Å². The number of thiazole rings is 1. The van der Waals surface area contributed by atoms with Gasteiger partial charge in [-0.25, -0.2) is 4.98 Å². The van der Waals surface area contributed by atoms with E-state index in [9.17, 15) is 4.79 Å². The molecule has 134 valence electrons. The largest absolute Gasteiger partial charge is 0.486 e. The number of aromatic nitrogens is 2. The Balaban J connectivity index is 1.33. The fourth-order valence-electron chi connectivity index (χ4n) is 3.46. The molecule has 0 radical (unpaired) electrons. The smallest absolute Gasteiger partial charge is 0.283 e. The molecule has 0 aliphatic carbocycles. The lowest BCUT2D eigenvalue weighted by atomic mass is 10.2. The number of nitrogens with zero attached hydrogens (tertiary/aromatic N) is 3. The summed E-state index contributed by atoms with van der Waals surface area (Å²) in [5.74, 6) is 0.755. The van der Waals surface area contributed by atoms with E-state index in [1.807, 2.05) is 59.5 Å². The zero-order chi connectivity index (χ0) is 18.2. The van der Waals surface area contributed by atoms with Crippen LogP contribution in [-0.2, 0) is 0 Å². The van der Waals surface area contributed by atoms with Gasteiger partial charge in [-0.3, -0.25) is 9.78 Å². The van der Waals surface area contributed by atoms with E-state index in [1.54, 1.807) is 6.20 Å². The van der Waals surface area contributed by atoms with E-state index in [4.69, 9.17) is 4.74 Å². The normalized spacial score (nSPS) is 16.9. The van der Waals surface area contributed by atoms with Gasteiger partial charge in [0.15, 0.2) is 5.01 Å². The highest BCUT2D eigenvalue weighted by atomic mass is 32.1. The van der Waals surface area contributed by atoms with Crippen LogP contribution in [0.15, 0.2) is 60.8 Å². The molecule has 1 fully saturated rings. The second-order valence-electron chi connectivity index (χ2n) is 6.60. The van der Waals surface area contributed by atoms with Gasteiger partial charge >= 0.3 is 0 Å². The molecule has 0 spiro atoms. The van der Waals surface area contributed by atoms with Gasteiger partial charge in [0, 0.05) is 24.5 Å². The van der Waals surface area contributed by atoms with Crippen LogP contribution in [0.1, 0.15) is 16.2 Å². The Morgan fingerprint density at radius 1 is 1.11 bits per heavy atom. The van der Waals surface area contributed by atoms with E-state index < -0.39 is 0 Å². The number of hydrogen-bond acceptors (Lipinski definition) is 5. The lowest BCUT2D eigenvalue weighted by Crippen LogP contribution is -2.30. The lowest BCUT2D eigenvalue weighted by molar-refractivity contribution is 0.0772. The maximum atomic E-state index is 12.8. The van der Waals surface area contributed by atoms with Crippen molar-refractivity contribution in [2.24, 2.45) is 0 Å². The monoisotopic (exact) mass is 375 g/mol. The molecular formula is C21H17N3O2S. The van der Waals surface area contributed by atoms with Gasteiger partial charge in [0.05, 0.1) is 16.8 Å². The lowest BCUT2D eigenvalue weighted by Gasteiger charge is -2.17. The molecule has 5 nitrogen and oxygen atoms in total. The fraction of sp³-hybridized carbons (Fsp3) is 0.190. The molecule has 4 aromatic rings. The zero-order valence-corrected chi connectivity index (χ0v) is 15.4. The summed E-state index contributed by atoms with van der Waals surface area (Å²) in [5.41, 5.74) is 1.73. The third-order valence-electron chi connectivity index (χ3n) is 4.80. The first-order valence-corrected chi connectivity index (χ1v) is 9.75. The van der Waals surface area contributed by atoms with Gasteiger partial charge in [-0.1, -0.05) is 30.3 Å². The molecule has 1 unspecified atom stereocenters. The van der Waals surface area contributed by atoms with Gasteiger partial charge in [-0.05, 0) is 24.3 Å². The summed E-state index contributed by atoms with van der Waals surface area (Å²) in [6.45, 7) is 1.25. The van der Waals surface area contributed by atoms with Crippen molar-refractivity contribution in [3.05, 3.63) is 65.8 Å². The highest BCUT2D eigenvalue weighted by Crippen LogP contribution is 2.28. The van der Waals surface area contributed by atoms with Crippen molar-refractivity contribution in [2.75, 3.05) is 13.1 Å². The van der Waals surface area contributed by atoms with Gasteiger partial charge in [-0.2, -0.15) is 0 Å². The van der Waals surface area contributed by atoms with Crippen LogP contribution in [0.4, 0.5) is 0 Å². The highest BCUT2D eigenvalue weighted by Gasteiger charge is 2.30. The number of hydrogen-bond donors (Lipinski definition) is 0. The number of benzene rings is 2. The number of carbonyl (C=O) groups excluding carboxylic acids is 1. The van der Waals surface area contributed by atoms with Gasteiger partial charge in [0.2, 0.25) is 0 Å². The van der Waals surface area contributed by atoms with Crippen molar-refractivity contribution in [1.82, 2.24) is 14.9 Å². The quantitative estimate of drug-likeness (QED) is 0.540. The number of carbonyl (C=O) groups is 1. The van der Waals surface area contributed by atoms with Crippen LogP contribution in [0.2, 0.25) is 0 Å². The topological polar surface area (TPSA) is 55.3 Å². The van der Waals surface area contributed by atoms with Gasteiger partial charge in [-0.15, -0.1) is 11.3 Å². The Morgan fingerprint density at radius 2 is 2.00 bits per heavy atom. The number of fused-ring (bicyclic) bond motifs is 2. The van der Waals surface area contributed by atoms with Crippen LogP contribution in [0.5, 0.6) is 5.75 Å². The van der Waals surface area contributed by atoms with Crippen molar-refractivity contribution in [2.45, 2.75) is 12.5 Å². The Labute approximate surface area is 160 Å². The predicted molar refractivity (Wildman–Crippen MR) is 106 cm³/mol. The fourth-order valence-corrected chi connectivity index (χ4v) is 4.39. The van der Waals surface area contributed by atoms with E-state index in [1.165, 1.54) is 11.3 Å². The van der Waals surface area contributed by atoms with Crippen LogP contribution >= 0.6 is 11.3 Å². The molecule has 3 heterocycles. The van der Waals surface area contributed by atoms with Gasteiger partial charge < -0.3 is 9.64 Å². The molecule has 2 aromatic carbocycles. The number of pyridine rings is 1. The van der Waals surface area contributed by atoms with E-state index in [-0.39, 0.29) is 12.0 Å². The molecule has 0 N–H and O–H groups in total. The molecule has 6 heteroatoms. The number of likely N-dealkylation sites (tertiary alicyclic amines) is 1. The van der Waals surface area contributed by atoms with Crippen LogP contribution in [-0.4, -0.2) is 40.0 Å². The summed E-state index contributed by atoms with van der Waals surface area (Å²) in [5, 5.41) is 1.60. The molecule has 1 saturated heterocycles. The second-order valence-corrected chi connectivity index (χ2v) is 7.63. The summed E-state index contributed by atoms with van der Waals surface area (Å²) in [7, 11) is 0. The zero-order valence-electron chi connectivity index (χ0n) is 14.5. The molecule has 2 aromatic heterocycles. The standard InChI is InChI=1S/C21H17N3O2S/c25-21(20-23-16-7-1-2-9-18(16)27-20)24-12-10-15(13-24)26-17-8-3-5-14-6-4-11-22-19(14)17/h1-9,11,15H,10,12-13H2. The average molecular weight is 375 g/mol. The number of ether oxygens (including phenoxy) is 1. The maximum absolute atomic E-state index is 12.8. The summed E-state index contributed by atoms with van der Waals surface area (Å²) < 4.78 is 7.23. The minimum absolute atomic E-state index is 0.0154. The van der Waals surface area contributed by atoms with Crippen molar-refractivity contribution in [1.29, 1.82) is 0 Å². The average Bonchev–Trinajstić information content (AvgIpc) is 3.35. The van der Waals surface area contributed by atoms with Crippen molar-refractivity contribution < 1.29 is 9.53 Å². The SMILES string of the molecule is O=C(c1nc2ccccc2s1)N1CCC(Oc2cccc3cccnc23)C1. The number of rotatable bonds is 3. The first kappa shape index (κ1) is 16.2. The maximum Gasteiger partial charge on any atom is 0.283 e. The molecule has 1 atom stereocenters. The van der Waals surface area contributed by atoms with Gasteiger partial charge in [0.25, 0.3) is 5.91 Å². The predicted octanol–water partition coefficient (Wildman–Crippen LogP) is 4.14. The van der Waals surface area contributed by atoms with Gasteiger partial charge in [0.1, 0.15) is 17.4 Å². The third kappa shape index (κ3) is 3.02. The minimum atomic E-state index is -0.0315. The third-order valence-corrected chi connectivity index (χ3v) is 5.82. The van der Waals surface area contributed by atoms with E-state index in [0.29, 0.717) is 18.1 Å². The van der Waals surface area contributed by atoms with Crippen LogP contribution in [0.25, 0.3) is 21.1 Å². The summed E-state index contributed by atoms with van der Waals surface area (Å²) in [6.07, 6.45) is 2.54. The minimum Gasteiger partial charge on any atom is -0.486 e. The first-order chi connectivity index (χ1) is 13.3. The van der Waals surface area contributed by atoms with E-state index >= 15 is 0 Å². The Hall–Kier alpha value is -2.99. The summed E-state index contributed by atoms with van der Waals surface area (Å²) in [6, 6.07) is 17.7. The molecule has 1 aliphatic rings. The number of amides is 1. The molecular weight excluding hydrogens is 358 g/mol. The van der Waals surface area contributed by atoms with E-state index in [2.05, 4.69) is 9.97 Å². The summed E-state index contributed by atoms with van der Waals surface area (Å²) in [4.78, 5) is 23.6. The Morgan fingerprint density at radius 3 is 2.93 bits per heavy atom. The Kier molecular flexibility index (Phi) is 3.98. The molecule has 1 amide bonds. The summed E-state index contributed by atoms with van der Waals surface area (Å²) >= 11 is 1.45. The molecule has 0 saturated carbocycles. The van der Waals surface area contributed by atoms with E-state index in [0.717, 1.165) is 33.3 Å². The Bertz CT molecular complexity index is 1100. The first-order valence-electron chi connectivity index (χ1n) is 8.93. The van der Waals surface area contributed by atoms with Crippen molar-refractivity contribution in [3.8, 4) is 5.75 Å². The van der Waals surface area contributed by atoms with Crippen LogP contribution < -0.4 is 4.74 Å². The number of para-hydroxylation sites is 2. The van der Waals surface area contributed by atoms with Crippen molar-refractivity contribution >= 4 is 38.4 Å². The molecule has 5 rings (SSSR count). The molecule has 1 aliphatic heterocycles. The molecule has 0 bridgehead atoms. The molecule has 27 heavy (non-hydrogen) atoms. The van der Waals surface area contributed by atoms with Crippen LogP contribution in [0, 0.1) is 0 Å². The van der Waals surface area contributed by atoms with Crippen LogP contribution in [0.3, 0.4) is 0 Å².